The Morgan fingerprint density at radius 2 is 2.15 bits per heavy atom. The van der Waals surface area contributed by atoms with Crippen LogP contribution in [0.3, 0.4) is 0 Å². The molecule has 3 heterocycles. The lowest BCUT2D eigenvalue weighted by molar-refractivity contribution is 0.399. The Bertz CT molecular complexity index is 1380. The molecule has 0 bridgehead atoms. The van der Waals surface area contributed by atoms with Crippen molar-refractivity contribution in [2.75, 3.05) is 14.2 Å². The lowest BCUT2D eigenvalue weighted by atomic mass is 9.89. The van der Waals surface area contributed by atoms with Crippen LogP contribution < -0.4 is 15.0 Å². The summed E-state index contributed by atoms with van der Waals surface area (Å²) in [6, 6.07) is 5.43. The number of thiophene rings is 1. The molecule has 0 amide bonds. The second-order valence-electron chi connectivity index (χ2n) is 8.15. The molecule has 9 nitrogen and oxygen atoms in total. The first-order valence-corrected chi connectivity index (χ1v) is 12.4. The molecule has 5 rings (SSSR count). The fourth-order valence-corrected chi connectivity index (χ4v) is 6.39. The summed E-state index contributed by atoms with van der Waals surface area (Å²) in [6.07, 6.45) is 3.08. The molecule has 0 saturated heterocycles. The first kappa shape index (κ1) is 21.9. The van der Waals surface area contributed by atoms with Gasteiger partial charge in [-0.1, -0.05) is 18.7 Å². The highest BCUT2D eigenvalue weighted by atomic mass is 32.2. The maximum absolute atomic E-state index is 13.0. The van der Waals surface area contributed by atoms with Gasteiger partial charge in [0.1, 0.15) is 27.8 Å². The van der Waals surface area contributed by atoms with Crippen LogP contribution in [-0.4, -0.2) is 44.4 Å². The molecule has 172 valence electrons. The number of fused-ring (bicyclic) bond motifs is 3. The molecule has 0 aliphatic heterocycles. The van der Waals surface area contributed by atoms with Gasteiger partial charge in [0.15, 0.2) is 0 Å². The minimum atomic E-state index is -0.179. The van der Waals surface area contributed by atoms with Crippen LogP contribution >= 0.6 is 23.1 Å². The van der Waals surface area contributed by atoms with Gasteiger partial charge in [-0.05, 0) is 60.2 Å². The highest BCUT2D eigenvalue weighted by Crippen LogP contribution is 2.38. The van der Waals surface area contributed by atoms with Gasteiger partial charge in [-0.25, -0.2) is 4.98 Å². The smallest absolute Gasteiger partial charge is 0.259 e. The summed E-state index contributed by atoms with van der Waals surface area (Å²) in [4.78, 5) is 22.9. The number of aryl methyl sites for hydroxylation is 1. The van der Waals surface area contributed by atoms with Gasteiger partial charge >= 0.3 is 0 Å². The zero-order valence-corrected chi connectivity index (χ0v) is 20.4. The van der Waals surface area contributed by atoms with E-state index in [1.807, 2.05) is 19.1 Å². The van der Waals surface area contributed by atoms with Gasteiger partial charge in [0.25, 0.3) is 5.56 Å². The summed E-state index contributed by atoms with van der Waals surface area (Å²) in [5.41, 5.74) is 1.78. The number of ether oxygens (including phenoxy) is 2. The molecule has 1 aliphatic rings. The normalized spacial score (nSPS) is 16.5. The highest BCUT2D eigenvalue weighted by Gasteiger charge is 2.25. The van der Waals surface area contributed by atoms with Crippen LogP contribution in [0, 0.1) is 5.92 Å². The predicted octanol–water partition coefficient (Wildman–Crippen LogP) is 3.96. The number of aromatic amines is 1. The van der Waals surface area contributed by atoms with E-state index in [0.29, 0.717) is 34.1 Å². The maximum Gasteiger partial charge on any atom is 0.259 e. The van der Waals surface area contributed by atoms with Crippen molar-refractivity contribution in [3.63, 3.8) is 0 Å². The van der Waals surface area contributed by atoms with Gasteiger partial charge in [-0.2, -0.15) is 4.68 Å². The van der Waals surface area contributed by atoms with Crippen LogP contribution in [0.25, 0.3) is 15.9 Å². The molecule has 4 aromatic rings. The molecule has 0 saturated carbocycles. The number of nitrogens with one attached hydrogen (secondary N) is 1. The topological polar surface area (TPSA) is 108 Å². The molecule has 33 heavy (non-hydrogen) atoms. The largest absolute Gasteiger partial charge is 0.497 e. The van der Waals surface area contributed by atoms with Crippen molar-refractivity contribution in [1.82, 2.24) is 30.2 Å². The number of hydrogen-bond acceptors (Lipinski definition) is 9. The predicted molar refractivity (Wildman–Crippen MR) is 128 cm³/mol. The van der Waals surface area contributed by atoms with E-state index in [1.54, 1.807) is 36.3 Å². The minimum Gasteiger partial charge on any atom is -0.497 e. The fourth-order valence-electron chi connectivity index (χ4n) is 4.14. The Morgan fingerprint density at radius 3 is 2.94 bits per heavy atom. The van der Waals surface area contributed by atoms with E-state index in [9.17, 15) is 4.79 Å². The van der Waals surface area contributed by atoms with Gasteiger partial charge in [-0.3, -0.25) is 4.79 Å². The summed E-state index contributed by atoms with van der Waals surface area (Å²) in [5.74, 6) is 2.53. The van der Waals surface area contributed by atoms with Crippen LogP contribution in [-0.2, 0) is 12.8 Å². The Morgan fingerprint density at radius 1 is 1.30 bits per heavy atom. The van der Waals surface area contributed by atoms with Crippen molar-refractivity contribution < 1.29 is 9.47 Å². The van der Waals surface area contributed by atoms with Gasteiger partial charge in [0, 0.05) is 10.9 Å². The Labute approximate surface area is 198 Å². The average Bonchev–Trinajstić information content (AvgIpc) is 3.42. The standard InChI is InChI=1S/C22H24N6O3S2/c1-11-5-7-14-17(9-11)33-21-18(14)20(29)23-19(24-21)12(2)32-22-25-26-27-28(22)15-10-13(30-3)6-8-16(15)31-4/h6,8,10-12H,5,7,9H2,1-4H3,(H,23,24,29). The molecular weight excluding hydrogens is 460 g/mol. The minimum absolute atomic E-state index is 0.0661. The molecule has 2 atom stereocenters. The fraction of sp³-hybridized carbons (Fsp3) is 0.409. The van der Waals surface area contributed by atoms with Crippen LogP contribution in [0.15, 0.2) is 28.2 Å². The van der Waals surface area contributed by atoms with E-state index >= 15 is 0 Å². The van der Waals surface area contributed by atoms with E-state index in [-0.39, 0.29) is 10.8 Å². The SMILES string of the molecule is COc1ccc(OC)c(-n2nnnc2SC(C)c2nc3sc4c(c3c(=O)[nH]2)CCC(C)C4)c1. The summed E-state index contributed by atoms with van der Waals surface area (Å²) >= 11 is 3.06. The summed E-state index contributed by atoms with van der Waals surface area (Å²) < 4.78 is 12.4. The third-order valence-corrected chi connectivity index (χ3v) is 8.10. The van der Waals surface area contributed by atoms with Crippen LogP contribution in [0.4, 0.5) is 0 Å². The molecular formula is C22H24N6O3S2. The molecule has 0 spiro atoms. The molecule has 1 N–H and O–H groups in total. The van der Waals surface area contributed by atoms with E-state index in [0.717, 1.165) is 29.5 Å². The molecule has 11 heteroatoms. The lowest BCUT2D eigenvalue weighted by Crippen LogP contribution is -2.15. The number of methoxy groups -OCH3 is 2. The van der Waals surface area contributed by atoms with Crippen LogP contribution in [0.5, 0.6) is 11.5 Å². The number of tetrazole rings is 1. The van der Waals surface area contributed by atoms with E-state index < -0.39 is 0 Å². The Balaban J connectivity index is 1.48. The van der Waals surface area contributed by atoms with Gasteiger partial charge in [0.05, 0.1) is 24.9 Å². The highest BCUT2D eigenvalue weighted by molar-refractivity contribution is 7.99. The van der Waals surface area contributed by atoms with Crippen molar-refractivity contribution in [3.05, 3.63) is 44.8 Å². The Hall–Kier alpha value is -2.92. The van der Waals surface area contributed by atoms with E-state index in [2.05, 4.69) is 27.4 Å². The van der Waals surface area contributed by atoms with Crippen LogP contribution in [0.1, 0.15) is 41.8 Å². The number of hydrogen-bond donors (Lipinski definition) is 1. The quantitative estimate of drug-likeness (QED) is 0.410. The van der Waals surface area contributed by atoms with Crippen molar-refractivity contribution in [2.24, 2.45) is 5.92 Å². The number of nitrogens with zero attached hydrogens (tertiary/aromatic N) is 5. The molecule has 1 aromatic carbocycles. The molecule has 0 radical (unpaired) electrons. The number of thioether (sulfide) groups is 1. The monoisotopic (exact) mass is 484 g/mol. The molecule has 1 aliphatic carbocycles. The van der Waals surface area contributed by atoms with Gasteiger partial charge in [-0.15, -0.1) is 16.4 Å². The second kappa shape index (κ2) is 8.79. The molecule has 2 unspecified atom stereocenters. The molecule has 3 aromatic heterocycles. The Kier molecular flexibility index (Phi) is 5.83. The van der Waals surface area contributed by atoms with Crippen molar-refractivity contribution in [2.45, 2.75) is 43.5 Å². The second-order valence-corrected chi connectivity index (χ2v) is 10.5. The third kappa shape index (κ3) is 3.99. The molecule has 0 fully saturated rings. The summed E-state index contributed by atoms with van der Waals surface area (Å²) in [5, 5.41) is 13.3. The van der Waals surface area contributed by atoms with Gasteiger partial charge < -0.3 is 14.5 Å². The zero-order chi connectivity index (χ0) is 23.1. The summed E-state index contributed by atoms with van der Waals surface area (Å²) in [6.45, 7) is 4.24. The number of H-pyrrole nitrogens is 1. The number of benzene rings is 1. The first-order valence-electron chi connectivity index (χ1n) is 10.7. The first-order chi connectivity index (χ1) is 16.0. The van der Waals surface area contributed by atoms with Gasteiger partial charge in [0.2, 0.25) is 5.16 Å². The number of aromatic nitrogens is 6. The lowest BCUT2D eigenvalue weighted by Gasteiger charge is -2.17. The van der Waals surface area contributed by atoms with Crippen molar-refractivity contribution >= 4 is 33.3 Å². The summed E-state index contributed by atoms with van der Waals surface area (Å²) in [7, 11) is 3.19. The van der Waals surface area contributed by atoms with E-state index in [4.69, 9.17) is 14.5 Å². The van der Waals surface area contributed by atoms with Crippen molar-refractivity contribution in [3.8, 4) is 17.2 Å². The van der Waals surface area contributed by atoms with E-state index in [1.165, 1.54) is 22.2 Å². The van der Waals surface area contributed by atoms with Crippen LogP contribution in [0.2, 0.25) is 0 Å². The third-order valence-electron chi connectivity index (χ3n) is 5.91. The number of rotatable bonds is 6. The maximum atomic E-state index is 13.0. The zero-order valence-electron chi connectivity index (χ0n) is 18.8. The van der Waals surface area contributed by atoms with Crippen molar-refractivity contribution in [1.29, 1.82) is 0 Å². The average molecular weight is 485 g/mol.